The van der Waals surface area contributed by atoms with E-state index in [1.165, 1.54) is 59.3 Å². The van der Waals surface area contributed by atoms with Gasteiger partial charge >= 0.3 is 0 Å². The minimum absolute atomic E-state index is 0.677. The molecule has 0 saturated carbocycles. The van der Waals surface area contributed by atoms with Crippen LogP contribution in [0.3, 0.4) is 0 Å². The fourth-order valence-corrected chi connectivity index (χ4v) is 8.81. The van der Waals surface area contributed by atoms with Crippen LogP contribution in [0.5, 0.6) is 0 Å². The smallest absolute Gasteiger partial charge is 0.235 e. The molecule has 0 bridgehead atoms. The van der Waals surface area contributed by atoms with Crippen molar-refractivity contribution in [2.75, 3.05) is 0 Å². The Kier molecular flexibility index (Phi) is 4.96. The minimum Gasteiger partial charge on any atom is -0.307 e. The Bertz CT molecular complexity index is 3020. The molecule has 0 fully saturated rings. The third kappa shape index (κ3) is 3.36. The first kappa shape index (κ1) is 25.2. The number of hydrogen-bond acceptors (Lipinski definition) is 3. The Balaban J connectivity index is 1.17. The number of thiophene rings is 1. The summed E-state index contributed by atoms with van der Waals surface area (Å²) in [6, 6.07) is 49.7. The van der Waals surface area contributed by atoms with Crippen molar-refractivity contribution in [3.8, 4) is 27.6 Å². The minimum atomic E-state index is 0.677. The van der Waals surface area contributed by atoms with Crippen LogP contribution < -0.4 is 0 Å². The Morgan fingerprint density at radius 2 is 1.15 bits per heavy atom. The maximum Gasteiger partial charge on any atom is 0.235 e. The second kappa shape index (κ2) is 9.25. The molecule has 47 heavy (non-hydrogen) atoms. The molecular weight excluding hydrogens is 593 g/mol. The summed E-state index contributed by atoms with van der Waals surface area (Å²) in [5.74, 6) is 0.677. The molecule has 0 radical (unpaired) electrons. The van der Waals surface area contributed by atoms with Crippen molar-refractivity contribution in [3.63, 3.8) is 0 Å². The maximum atomic E-state index is 5.25. The molecule has 6 aromatic carbocycles. The van der Waals surface area contributed by atoms with Gasteiger partial charge in [0.15, 0.2) is 0 Å². The molecule has 218 valence electrons. The van der Waals surface area contributed by atoms with E-state index in [0.717, 1.165) is 33.2 Å². The maximum absolute atomic E-state index is 5.25. The van der Waals surface area contributed by atoms with Crippen LogP contribution >= 0.6 is 11.3 Å². The zero-order chi connectivity index (χ0) is 30.6. The highest BCUT2D eigenvalue weighted by molar-refractivity contribution is 7.15. The van der Waals surface area contributed by atoms with Crippen LogP contribution in [0.2, 0.25) is 0 Å². The SMILES string of the molecule is c1ccc(-c2nc(-n3c4ccccc4c4cc(-c5scc6c5c5cccc7c8ccccc8n6c75)ccc43)nc3ccccc23)cc1. The van der Waals surface area contributed by atoms with Gasteiger partial charge in [-0.2, -0.15) is 0 Å². The van der Waals surface area contributed by atoms with Crippen LogP contribution in [0.25, 0.3) is 98.5 Å². The summed E-state index contributed by atoms with van der Waals surface area (Å²) in [6.45, 7) is 0. The fraction of sp³-hybridized carbons (Fsp3) is 0. The van der Waals surface area contributed by atoms with Gasteiger partial charge in [-0.05, 0) is 35.9 Å². The molecule has 5 aromatic heterocycles. The molecular formula is C42H24N4S. The van der Waals surface area contributed by atoms with E-state index < -0.39 is 0 Å². The lowest BCUT2D eigenvalue weighted by Gasteiger charge is -2.11. The highest BCUT2D eigenvalue weighted by Crippen LogP contribution is 2.46. The average Bonchev–Trinajstić information content (AvgIpc) is 3.88. The number of fused-ring (bicyclic) bond motifs is 10. The molecule has 0 unspecified atom stereocenters. The highest BCUT2D eigenvalue weighted by atomic mass is 32.1. The topological polar surface area (TPSA) is 35.1 Å². The Labute approximate surface area is 272 Å². The summed E-state index contributed by atoms with van der Waals surface area (Å²) in [5.41, 5.74) is 10.2. The van der Waals surface area contributed by atoms with Crippen molar-refractivity contribution >= 4 is 82.1 Å². The first-order valence-electron chi connectivity index (χ1n) is 15.8. The summed E-state index contributed by atoms with van der Waals surface area (Å²) in [5, 5.41) is 11.0. The summed E-state index contributed by atoms with van der Waals surface area (Å²) in [4.78, 5) is 11.7. The van der Waals surface area contributed by atoms with Crippen molar-refractivity contribution in [1.29, 1.82) is 0 Å². The number of aromatic nitrogens is 4. The number of hydrogen-bond donors (Lipinski definition) is 0. The van der Waals surface area contributed by atoms with Gasteiger partial charge in [0.2, 0.25) is 5.95 Å². The van der Waals surface area contributed by atoms with Gasteiger partial charge in [0.05, 0.1) is 38.8 Å². The third-order valence-electron chi connectivity index (χ3n) is 9.75. The molecule has 11 rings (SSSR count). The van der Waals surface area contributed by atoms with Crippen LogP contribution in [0, 0.1) is 0 Å². The van der Waals surface area contributed by atoms with Crippen LogP contribution in [0.15, 0.2) is 145 Å². The van der Waals surface area contributed by atoms with E-state index in [0.29, 0.717) is 5.95 Å². The lowest BCUT2D eigenvalue weighted by atomic mass is 10.0. The van der Waals surface area contributed by atoms with Gasteiger partial charge in [0.1, 0.15) is 0 Å². The lowest BCUT2D eigenvalue weighted by molar-refractivity contribution is 1.01. The largest absolute Gasteiger partial charge is 0.307 e. The molecule has 0 amide bonds. The molecule has 0 N–H and O–H groups in total. The second-order valence-corrected chi connectivity index (χ2v) is 13.1. The normalized spacial score (nSPS) is 12.3. The van der Waals surface area contributed by atoms with Gasteiger partial charge in [-0.15, -0.1) is 11.3 Å². The summed E-state index contributed by atoms with van der Waals surface area (Å²) >= 11 is 1.83. The van der Waals surface area contributed by atoms with E-state index in [1.807, 2.05) is 23.5 Å². The number of nitrogens with zero attached hydrogens (tertiary/aromatic N) is 4. The molecule has 5 heterocycles. The molecule has 0 saturated heterocycles. The van der Waals surface area contributed by atoms with Crippen molar-refractivity contribution in [1.82, 2.24) is 18.9 Å². The number of benzene rings is 6. The van der Waals surface area contributed by atoms with E-state index in [9.17, 15) is 0 Å². The van der Waals surface area contributed by atoms with Crippen molar-refractivity contribution in [2.45, 2.75) is 0 Å². The predicted molar refractivity (Wildman–Crippen MR) is 197 cm³/mol. The van der Waals surface area contributed by atoms with Gasteiger partial charge in [0.25, 0.3) is 0 Å². The van der Waals surface area contributed by atoms with Crippen LogP contribution in [-0.2, 0) is 0 Å². The van der Waals surface area contributed by atoms with E-state index in [1.54, 1.807) is 0 Å². The monoisotopic (exact) mass is 616 g/mol. The molecule has 0 aliphatic rings. The van der Waals surface area contributed by atoms with E-state index in [4.69, 9.17) is 9.97 Å². The van der Waals surface area contributed by atoms with Gasteiger partial charge in [-0.3, -0.25) is 4.57 Å². The van der Waals surface area contributed by atoms with Gasteiger partial charge in [-0.25, -0.2) is 9.97 Å². The zero-order valence-corrected chi connectivity index (χ0v) is 25.9. The van der Waals surface area contributed by atoms with Crippen molar-refractivity contribution in [3.05, 3.63) is 145 Å². The number of para-hydroxylation sites is 4. The zero-order valence-electron chi connectivity index (χ0n) is 25.1. The van der Waals surface area contributed by atoms with E-state index >= 15 is 0 Å². The Hall–Kier alpha value is -6.04. The lowest BCUT2D eigenvalue weighted by Crippen LogP contribution is -2.03. The molecule has 0 atom stereocenters. The summed E-state index contributed by atoms with van der Waals surface area (Å²) in [7, 11) is 0. The van der Waals surface area contributed by atoms with E-state index in [-0.39, 0.29) is 0 Å². The number of rotatable bonds is 3. The van der Waals surface area contributed by atoms with Crippen molar-refractivity contribution < 1.29 is 0 Å². The van der Waals surface area contributed by atoms with Gasteiger partial charge < -0.3 is 4.40 Å². The quantitative estimate of drug-likeness (QED) is 0.198. The van der Waals surface area contributed by atoms with Crippen LogP contribution in [0.4, 0.5) is 0 Å². The Morgan fingerprint density at radius 3 is 2.02 bits per heavy atom. The van der Waals surface area contributed by atoms with Gasteiger partial charge in [-0.1, -0.05) is 109 Å². The Morgan fingerprint density at radius 1 is 0.468 bits per heavy atom. The third-order valence-corrected chi connectivity index (χ3v) is 10.8. The van der Waals surface area contributed by atoms with Crippen molar-refractivity contribution in [2.24, 2.45) is 0 Å². The average molecular weight is 617 g/mol. The van der Waals surface area contributed by atoms with E-state index in [2.05, 4.69) is 142 Å². The molecule has 11 aromatic rings. The first-order chi connectivity index (χ1) is 23.3. The van der Waals surface area contributed by atoms with Gasteiger partial charge in [0, 0.05) is 53.5 Å². The summed E-state index contributed by atoms with van der Waals surface area (Å²) < 4.78 is 4.69. The molecule has 0 aliphatic heterocycles. The highest BCUT2D eigenvalue weighted by Gasteiger charge is 2.22. The fourth-order valence-electron chi connectivity index (χ4n) is 7.77. The second-order valence-electron chi connectivity index (χ2n) is 12.2. The molecule has 0 aliphatic carbocycles. The predicted octanol–water partition coefficient (Wildman–Crippen LogP) is 11.3. The van der Waals surface area contributed by atoms with Crippen LogP contribution in [-0.4, -0.2) is 18.9 Å². The standard InChI is InChI=1S/C42H24N4S/c1-2-11-25(12-3-1)39-30-15-4-7-18-33(30)43-42(44-39)46-35-20-9-6-14-28(35)32-23-26(21-22-36(32)46)41-38-31-17-10-16-29-27-13-5-8-19-34(27)45(40(29)31)37(38)24-47-41/h1-24H. The first-order valence-corrected chi connectivity index (χ1v) is 16.7. The van der Waals surface area contributed by atoms with Crippen LogP contribution in [0.1, 0.15) is 0 Å². The summed E-state index contributed by atoms with van der Waals surface area (Å²) in [6.07, 6.45) is 0. The molecule has 4 nitrogen and oxygen atoms in total. The molecule has 5 heteroatoms. The molecule has 0 spiro atoms.